The Labute approximate surface area is 53.5 Å². The maximum Gasteiger partial charge on any atom is 0.148 e. The third-order valence-electron chi connectivity index (χ3n) is 1.20. The van der Waals surface area contributed by atoms with Crippen LogP contribution in [0.1, 0.15) is 12.8 Å². The van der Waals surface area contributed by atoms with Crippen LogP contribution in [0, 0.1) is 0 Å². The van der Waals surface area contributed by atoms with E-state index >= 15 is 0 Å². The van der Waals surface area contributed by atoms with Crippen LogP contribution in [-0.4, -0.2) is 23.3 Å². The van der Waals surface area contributed by atoms with Crippen LogP contribution >= 0.6 is 11.8 Å². The van der Waals surface area contributed by atoms with Gasteiger partial charge < -0.3 is 0 Å². The average Bonchev–Trinajstić information content (AvgIpc) is 1.64. The van der Waals surface area contributed by atoms with E-state index in [0.717, 1.165) is 13.0 Å². The molecule has 1 aliphatic heterocycles. The first-order valence-corrected chi connectivity index (χ1v) is 3.05. The summed E-state index contributed by atoms with van der Waals surface area (Å²) in [4.78, 5) is 10.5. The minimum absolute atomic E-state index is 0.256. The number of Topliss-reactive ketones (excluding diaryl/α,β-unsaturated/α-hetero) is 1. The molecule has 0 radical (unpaired) electrons. The van der Waals surface area contributed by atoms with Crippen LogP contribution in [-0.2, 0) is 4.79 Å². The molecule has 1 rings (SSSR count). The maximum absolute atomic E-state index is 10.5. The molecule has 1 saturated heterocycles. The standard InChI is InChI=1S/C5H8ClNO/c6-7-3-1-2-5(8)4-7/h1-4H2. The van der Waals surface area contributed by atoms with Gasteiger partial charge in [-0.25, -0.2) is 4.42 Å². The predicted molar refractivity (Wildman–Crippen MR) is 31.7 cm³/mol. The van der Waals surface area contributed by atoms with Crippen molar-refractivity contribution in [1.29, 1.82) is 0 Å². The SMILES string of the molecule is O=C1CCCN(Cl)C1. The summed E-state index contributed by atoms with van der Waals surface area (Å²) in [6.45, 7) is 1.29. The van der Waals surface area contributed by atoms with Crippen molar-refractivity contribution in [3.8, 4) is 0 Å². The molecule has 0 bridgehead atoms. The van der Waals surface area contributed by atoms with E-state index in [1.165, 1.54) is 4.42 Å². The summed E-state index contributed by atoms with van der Waals surface area (Å²) in [7, 11) is 0. The van der Waals surface area contributed by atoms with Crippen LogP contribution in [0.15, 0.2) is 0 Å². The van der Waals surface area contributed by atoms with Crippen molar-refractivity contribution in [3.05, 3.63) is 0 Å². The van der Waals surface area contributed by atoms with Crippen LogP contribution in [0.3, 0.4) is 0 Å². The molecule has 0 saturated carbocycles. The number of halogens is 1. The zero-order chi connectivity index (χ0) is 5.98. The van der Waals surface area contributed by atoms with Gasteiger partial charge in [0, 0.05) is 13.0 Å². The van der Waals surface area contributed by atoms with Gasteiger partial charge in [-0.2, -0.15) is 0 Å². The lowest BCUT2D eigenvalue weighted by Gasteiger charge is -2.16. The molecule has 0 aromatic carbocycles. The van der Waals surface area contributed by atoms with E-state index in [1.807, 2.05) is 0 Å². The molecule has 0 unspecified atom stereocenters. The largest absolute Gasteiger partial charge is 0.298 e. The van der Waals surface area contributed by atoms with Crippen molar-refractivity contribution < 1.29 is 4.79 Å². The summed E-state index contributed by atoms with van der Waals surface area (Å²) in [6, 6.07) is 0. The van der Waals surface area contributed by atoms with Crippen LogP contribution in [0.4, 0.5) is 0 Å². The van der Waals surface area contributed by atoms with E-state index in [0.29, 0.717) is 13.0 Å². The molecule has 0 atom stereocenters. The summed E-state index contributed by atoms with van der Waals surface area (Å²) in [5.74, 6) is 0.256. The van der Waals surface area contributed by atoms with Gasteiger partial charge in [0.05, 0.1) is 6.54 Å². The van der Waals surface area contributed by atoms with E-state index in [1.54, 1.807) is 0 Å². The summed E-state index contributed by atoms with van der Waals surface area (Å²) in [5, 5.41) is 0. The van der Waals surface area contributed by atoms with Gasteiger partial charge in [-0.15, -0.1) is 0 Å². The smallest absolute Gasteiger partial charge is 0.148 e. The number of hydrogen-bond acceptors (Lipinski definition) is 2. The first kappa shape index (κ1) is 6.05. The van der Waals surface area contributed by atoms with Gasteiger partial charge in [-0.05, 0) is 18.2 Å². The number of hydrogen-bond donors (Lipinski definition) is 0. The molecular weight excluding hydrogens is 126 g/mol. The number of carbonyl (C=O) groups excluding carboxylic acids is 1. The topological polar surface area (TPSA) is 20.3 Å². The van der Waals surface area contributed by atoms with E-state index in [-0.39, 0.29) is 5.78 Å². The van der Waals surface area contributed by atoms with Crippen molar-refractivity contribution in [1.82, 2.24) is 4.42 Å². The summed E-state index contributed by atoms with van der Waals surface area (Å²) in [5.41, 5.74) is 0. The number of nitrogens with zero attached hydrogens (tertiary/aromatic N) is 1. The zero-order valence-electron chi connectivity index (χ0n) is 4.56. The van der Waals surface area contributed by atoms with Gasteiger partial charge >= 0.3 is 0 Å². The molecule has 3 heteroatoms. The monoisotopic (exact) mass is 133 g/mol. The molecule has 46 valence electrons. The molecule has 0 aromatic heterocycles. The molecule has 0 amide bonds. The van der Waals surface area contributed by atoms with Gasteiger partial charge in [0.1, 0.15) is 5.78 Å². The van der Waals surface area contributed by atoms with Crippen LogP contribution < -0.4 is 0 Å². The first-order chi connectivity index (χ1) is 3.79. The lowest BCUT2D eigenvalue weighted by Crippen LogP contribution is -2.27. The zero-order valence-corrected chi connectivity index (χ0v) is 5.32. The quantitative estimate of drug-likeness (QED) is 0.456. The summed E-state index contributed by atoms with van der Waals surface area (Å²) >= 11 is 5.52. The van der Waals surface area contributed by atoms with Crippen molar-refractivity contribution >= 4 is 17.6 Å². The number of rotatable bonds is 0. The molecule has 2 nitrogen and oxygen atoms in total. The Morgan fingerprint density at radius 3 is 2.75 bits per heavy atom. The van der Waals surface area contributed by atoms with Gasteiger partial charge in [0.2, 0.25) is 0 Å². The second-order valence-electron chi connectivity index (χ2n) is 1.99. The summed E-state index contributed by atoms with van der Waals surface area (Å²) < 4.78 is 1.53. The first-order valence-electron chi connectivity index (χ1n) is 2.71. The molecule has 0 N–H and O–H groups in total. The Hall–Kier alpha value is -0.0800. The van der Waals surface area contributed by atoms with E-state index in [9.17, 15) is 4.79 Å². The fourth-order valence-electron chi connectivity index (χ4n) is 0.797. The minimum Gasteiger partial charge on any atom is -0.298 e. The van der Waals surface area contributed by atoms with Crippen LogP contribution in [0.2, 0.25) is 0 Å². The minimum atomic E-state index is 0.256. The van der Waals surface area contributed by atoms with Gasteiger partial charge in [0.25, 0.3) is 0 Å². The Balaban J connectivity index is 2.34. The van der Waals surface area contributed by atoms with E-state index in [4.69, 9.17) is 11.8 Å². The molecule has 0 spiro atoms. The number of ketones is 1. The highest BCUT2D eigenvalue weighted by atomic mass is 35.5. The highest BCUT2D eigenvalue weighted by Crippen LogP contribution is 2.06. The molecule has 0 aromatic rings. The second-order valence-corrected chi connectivity index (χ2v) is 2.46. The van der Waals surface area contributed by atoms with Crippen molar-refractivity contribution in [2.75, 3.05) is 13.1 Å². The maximum atomic E-state index is 10.5. The Morgan fingerprint density at radius 2 is 2.38 bits per heavy atom. The number of carbonyl (C=O) groups is 1. The third kappa shape index (κ3) is 1.46. The second kappa shape index (κ2) is 2.46. The molecule has 1 aliphatic rings. The lowest BCUT2D eigenvalue weighted by molar-refractivity contribution is -0.120. The normalized spacial score (nSPS) is 23.9. The Kier molecular flexibility index (Phi) is 1.86. The highest BCUT2D eigenvalue weighted by Gasteiger charge is 2.13. The predicted octanol–water partition coefficient (Wildman–Crippen LogP) is 0.805. The fraction of sp³-hybridized carbons (Fsp3) is 0.800. The Bertz CT molecular complexity index is 105. The van der Waals surface area contributed by atoms with E-state index in [2.05, 4.69) is 0 Å². The fourth-order valence-corrected chi connectivity index (χ4v) is 1.05. The van der Waals surface area contributed by atoms with E-state index < -0.39 is 0 Å². The van der Waals surface area contributed by atoms with Crippen molar-refractivity contribution in [2.24, 2.45) is 0 Å². The van der Waals surface area contributed by atoms with Gasteiger partial charge in [-0.3, -0.25) is 4.79 Å². The van der Waals surface area contributed by atoms with Gasteiger partial charge in [-0.1, -0.05) is 0 Å². The molecule has 0 aliphatic carbocycles. The third-order valence-corrected chi connectivity index (χ3v) is 1.49. The molecule has 1 heterocycles. The molecule has 1 fully saturated rings. The van der Waals surface area contributed by atoms with Crippen LogP contribution in [0.25, 0.3) is 0 Å². The van der Waals surface area contributed by atoms with Crippen LogP contribution in [0.5, 0.6) is 0 Å². The van der Waals surface area contributed by atoms with Gasteiger partial charge in [0.15, 0.2) is 0 Å². The number of piperidine rings is 1. The lowest BCUT2D eigenvalue weighted by atomic mass is 10.1. The van der Waals surface area contributed by atoms with Crippen molar-refractivity contribution in [3.63, 3.8) is 0 Å². The summed E-state index contributed by atoms with van der Waals surface area (Å²) in [6.07, 6.45) is 1.63. The molecular formula is C5H8ClNO. The highest BCUT2D eigenvalue weighted by molar-refractivity contribution is 6.14. The van der Waals surface area contributed by atoms with Crippen molar-refractivity contribution in [2.45, 2.75) is 12.8 Å². The average molecular weight is 134 g/mol. The Morgan fingerprint density at radius 1 is 1.62 bits per heavy atom. The molecule has 8 heavy (non-hydrogen) atoms.